The van der Waals surface area contributed by atoms with E-state index < -0.39 is 0 Å². The average Bonchev–Trinajstić information content (AvgIpc) is 2.38. The first-order valence-corrected chi connectivity index (χ1v) is 7.17. The van der Waals surface area contributed by atoms with E-state index in [1.54, 1.807) is 0 Å². The molecule has 1 amide bonds. The molecule has 1 aromatic heterocycles. The van der Waals surface area contributed by atoms with E-state index in [0.717, 1.165) is 25.7 Å². The Morgan fingerprint density at radius 2 is 2.11 bits per heavy atom. The predicted molar refractivity (Wildman–Crippen MR) is 74.1 cm³/mol. The molecule has 0 radical (unpaired) electrons. The van der Waals surface area contributed by atoms with Crippen LogP contribution < -0.4 is 10.7 Å². The molecule has 2 N–H and O–H groups in total. The smallest absolute Gasteiger partial charge is 0.256 e. The summed E-state index contributed by atoms with van der Waals surface area (Å²) >= 11 is 3.61. The van der Waals surface area contributed by atoms with Crippen molar-refractivity contribution < 1.29 is 4.79 Å². The van der Waals surface area contributed by atoms with Gasteiger partial charge in [0.25, 0.3) is 5.91 Å². The maximum absolute atomic E-state index is 11.8. The minimum atomic E-state index is -0.280. The SMILES string of the molecule is O=C(NCC1CCC(Br)CC1)c1c[nH]ccc1=O. The Hall–Kier alpha value is -1.10. The summed E-state index contributed by atoms with van der Waals surface area (Å²) in [5.74, 6) is 0.253. The van der Waals surface area contributed by atoms with Crippen molar-refractivity contribution in [2.75, 3.05) is 6.54 Å². The molecule has 1 aromatic rings. The highest BCUT2D eigenvalue weighted by molar-refractivity contribution is 9.09. The molecule has 4 nitrogen and oxygen atoms in total. The van der Waals surface area contributed by atoms with Crippen LogP contribution in [0.3, 0.4) is 0 Å². The topological polar surface area (TPSA) is 62.0 Å². The Morgan fingerprint density at radius 3 is 2.78 bits per heavy atom. The first-order chi connectivity index (χ1) is 8.66. The molecule has 18 heavy (non-hydrogen) atoms. The minimum absolute atomic E-state index is 0.187. The second-order valence-electron chi connectivity index (χ2n) is 4.75. The molecule has 1 aliphatic rings. The van der Waals surface area contributed by atoms with Crippen LogP contribution >= 0.6 is 15.9 Å². The van der Waals surface area contributed by atoms with Crippen molar-refractivity contribution in [2.24, 2.45) is 5.92 Å². The van der Waals surface area contributed by atoms with Crippen LogP contribution in [0.4, 0.5) is 0 Å². The molecule has 0 aromatic carbocycles. The molecule has 1 saturated carbocycles. The van der Waals surface area contributed by atoms with Crippen molar-refractivity contribution in [1.29, 1.82) is 0 Å². The first-order valence-electron chi connectivity index (χ1n) is 6.26. The zero-order valence-electron chi connectivity index (χ0n) is 10.1. The van der Waals surface area contributed by atoms with Gasteiger partial charge in [0.15, 0.2) is 5.43 Å². The quantitative estimate of drug-likeness (QED) is 0.839. The molecule has 1 heterocycles. The maximum Gasteiger partial charge on any atom is 0.256 e. The number of pyridine rings is 1. The van der Waals surface area contributed by atoms with Crippen LogP contribution in [-0.4, -0.2) is 22.3 Å². The van der Waals surface area contributed by atoms with Gasteiger partial charge in [-0.1, -0.05) is 15.9 Å². The number of hydrogen-bond donors (Lipinski definition) is 2. The minimum Gasteiger partial charge on any atom is -0.367 e. The second-order valence-corrected chi connectivity index (χ2v) is 6.05. The van der Waals surface area contributed by atoms with Crippen molar-refractivity contribution in [3.63, 3.8) is 0 Å². The number of nitrogens with one attached hydrogen (secondary N) is 2. The van der Waals surface area contributed by atoms with Crippen LogP contribution in [0.25, 0.3) is 0 Å². The van der Waals surface area contributed by atoms with Gasteiger partial charge in [0.1, 0.15) is 5.56 Å². The molecule has 0 spiro atoms. The summed E-state index contributed by atoms with van der Waals surface area (Å²) in [4.78, 5) is 26.7. The molecule has 98 valence electrons. The monoisotopic (exact) mass is 312 g/mol. The van der Waals surface area contributed by atoms with Crippen LogP contribution in [0.2, 0.25) is 0 Å². The highest BCUT2D eigenvalue weighted by Gasteiger charge is 2.20. The Balaban J connectivity index is 1.86. The molecule has 1 fully saturated rings. The Morgan fingerprint density at radius 1 is 1.39 bits per heavy atom. The molecule has 0 aliphatic heterocycles. The highest BCUT2D eigenvalue weighted by Crippen LogP contribution is 2.28. The van der Waals surface area contributed by atoms with Crippen LogP contribution in [0, 0.1) is 5.92 Å². The number of carbonyl (C=O) groups is 1. The Labute approximate surface area is 114 Å². The van der Waals surface area contributed by atoms with Crippen molar-refractivity contribution in [3.8, 4) is 0 Å². The predicted octanol–water partition coefficient (Wildman–Crippen LogP) is 2.06. The Kier molecular flexibility index (Phi) is 4.58. The summed E-state index contributed by atoms with van der Waals surface area (Å²) in [6.45, 7) is 0.660. The number of rotatable bonds is 3. The first kappa shape index (κ1) is 13.3. The molecule has 5 heteroatoms. The van der Waals surface area contributed by atoms with Gasteiger partial charge in [-0.2, -0.15) is 0 Å². The summed E-state index contributed by atoms with van der Waals surface area (Å²) in [5.41, 5.74) is -0.0536. The van der Waals surface area contributed by atoms with Crippen LogP contribution in [0.1, 0.15) is 36.0 Å². The highest BCUT2D eigenvalue weighted by atomic mass is 79.9. The largest absolute Gasteiger partial charge is 0.367 e. The second kappa shape index (κ2) is 6.18. The van der Waals surface area contributed by atoms with Gasteiger partial charge in [0.05, 0.1) is 0 Å². The van der Waals surface area contributed by atoms with Crippen LogP contribution in [0.5, 0.6) is 0 Å². The van der Waals surface area contributed by atoms with E-state index in [2.05, 4.69) is 26.2 Å². The third-order valence-electron chi connectivity index (χ3n) is 3.40. The molecule has 0 atom stereocenters. The van der Waals surface area contributed by atoms with Crippen LogP contribution in [-0.2, 0) is 0 Å². The van der Waals surface area contributed by atoms with Crippen molar-refractivity contribution in [2.45, 2.75) is 30.5 Å². The fourth-order valence-corrected chi connectivity index (χ4v) is 2.78. The van der Waals surface area contributed by atoms with Gasteiger partial charge in [-0.3, -0.25) is 9.59 Å². The fraction of sp³-hybridized carbons (Fsp3) is 0.538. The number of carbonyl (C=O) groups excluding carboxylic acids is 1. The number of halogens is 1. The number of hydrogen-bond acceptors (Lipinski definition) is 2. The van der Waals surface area contributed by atoms with Gasteiger partial charge in [-0.25, -0.2) is 0 Å². The van der Waals surface area contributed by atoms with E-state index >= 15 is 0 Å². The van der Waals surface area contributed by atoms with E-state index in [1.165, 1.54) is 18.5 Å². The van der Waals surface area contributed by atoms with Gasteiger partial charge in [-0.15, -0.1) is 0 Å². The van der Waals surface area contributed by atoms with E-state index in [4.69, 9.17) is 0 Å². The maximum atomic E-state index is 11.8. The van der Waals surface area contributed by atoms with Crippen molar-refractivity contribution >= 4 is 21.8 Å². The summed E-state index contributed by atoms with van der Waals surface area (Å²) in [5, 5.41) is 2.85. The number of aromatic amines is 1. The summed E-state index contributed by atoms with van der Waals surface area (Å²) in [7, 11) is 0. The van der Waals surface area contributed by atoms with Crippen molar-refractivity contribution in [3.05, 3.63) is 34.2 Å². The number of aromatic nitrogens is 1. The third kappa shape index (κ3) is 3.45. The summed E-state index contributed by atoms with van der Waals surface area (Å²) < 4.78 is 0. The van der Waals surface area contributed by atoms with E-state index in [-0.39, 0.29) is 16.9 Å². The van der Waals surface area contributed by atoms with Crippen LogP contribution in [0.15, 0.2) is 23.3 Å². The van der Waals surface area contributed by atoms with Gasteiger partial charge in [0, 0.05) is 29.8 Å². The van der Waals surface area contributed by atoms with Gasteiger partial charge in [-0.05, 0) is 31.6 Å². The van der Waals surface area contributed by atoms with E-state index in [0.29, 0.717) is 17.3 Å². The third-order valence-corrected chi connectivity index (χ3v) is 4.31. The molecule has 0 saturated heterocycles. The summed E-state index contributed by atoms with van der Waals surface area (Å²) in [6, 6.07) is 1.37. The van der Waals surface area contributed by atoms with Gasteiger partial charge >= 0.3 is 0 Å². The molecule has 0 bridgehead atoms. The molecular weight excluding hydrogens is 296 g/mol. The molecule has 2 rings (SSSR count). The number of alkyl halides is 1. The zero-order valence-corrected chi connectivity index (χ0v) is 11.7. The van der Waals surface area contributed by atoms with Crippen molar-refractivity contribution in [1.82, 2.24) is 10.3 Å². The normalized spacial score (nSPS) is 23.6. The molecular formula is C13H17BrN2O2. The van der Waals surface area contributed by atoms with E-state index in [1.807, 2.05) is 0 Å². The average molecular weight is 313 g/mol. The Bertz CT molecular complexity index is 464. The fourth-order valence-electron chi connectivity index (χ4n) is 2.25. The standard InChI is InChI=1S/C13H17BrN2O2/c14-10-3-1-9(2-4-10)7-16-13(18)11-8-15-6-5-12(11)17/h5-6,8-10H,1-4,7H2,(H,15,17)(H,16,18). The van der Waals surface area contributed by atoms with Gasteiger partial charge in [0.2, 0.25) is 0 Å². The van der Waals surface area contributed by atoms with E-state index in [9.17, 15) is 9.59 Å². The number of H-pyrrole nitrogens is 1. The lowest BCUT2D eigenvalue weighted by Crippen LogP contribution is -2.33. The lowest BCUT2D eigenvalue weighted by Gasteiger charge is -2.25. The number of amides is 1. The summed E-state index contributed by atoms with van der Waals surface area (Å²) in [6.07, 6.45) is 7.55. The zero-order chi connectivity index (χ0) is 13.0. The molecule has 0 unspecified atom stereocenters. The molecule has 1 aliphatic carbocycles. The van der Waals surface area contributed by atoms with Gasteiger partial charge < -0.3 is 10.3 Å². The lowest BCUT2D eigenvalue weighted by atomic mass is 9.89. The lowest BCUT2D eigenvalue weighted by molar-refractivity contribution is 0.0942.